The number of aromatic nitrogens is 3. The van der Waals surface area contributed by atoms with Crippen molar-refractivity contribution < 1.29 is 17.6 Å². The monoisotopic (exact) mass is 596 g/mol. The maximum absolute atomic E-state index is 13.3. The molecule has 0 aliphatic heterocycles. The molecule has 1 heterocycles. The number of carbonyl (C=O) groups is 1. The average molecular weight is 598 g/mol. The zero-order valence-electron chi connectivity index (χ0n) is 20.9. The standard InChI is InChI=1S/C26H27Cl2FN4O3S2/c1-25(2)17-9-10-26(25,22(34)11-17)15-38(35,36)30-13-23-31-32-24(37-14-16-3-6-19(29)7-4-16)33(23)21-12-18(27)5-8-20(21)28/h3-8,12,17,30H,9-11,13-15H2,1-2H3. The second-order valence-electron chi connectivity index (χ2n) is 10.5. The summed E-state index contributed by atoms with van der Waals surface area (Å²) in [7, 11) is -3.83. The fraction of sp³-hybridized carbons (Fsp3) is 0.423. The van der Waals surface area contributed by atoms with Crippen molar-refractivity contribution in [3.05, 3.63) is 69.7 Å². The van der Waals surface area contributed by atoms with Gasteiger partial charge in [-0.1, -0.05) is 60.9 Å². The molecule has 202 valence electrons. The van der Waals surface area contributed by atoms with Gasteiger partial charge >= 0.3 is 0 Å². The number of nitrogens with one attached hydrogen (secondary N) is 1. The van der Waals surface area contributed by atoms with Gasteiger partial charge in [-0.2, -0.15) is 0 Å². The molecule has 0 amide bonds. The summed E-state index contributed by atoms with van der Waals surface area (Å²) in [6, 6.07) is 11.1. The second kappa shape index (κ2) is 10.2. The van der Waals surface area contributed by atoms with Crippen LogP contribution in [0.15, 0.2) is 47.6 Å². The van der Waals surface area contributed by atoms with Crippen molar-refractivity contribution in [1.29, 1.82) is 0 Å². The largest absolute Gasteiger partial charge is 0.299 e. The van der Waals surface area contributed by atoms with Crippen molar-refractivity contribution in [2.45, 2.75) is 50.6 Å². The fourth-order valence-electron chi connectivity index (χ4n) is 5.79. The zero-order chi connectivity index (χ0) is 27.3. The van der Waals surface area contributed by atoms with Gasteiger partial charge in [0.1, 0.15) is 11.6 Å². The minimum Gasteiger partial charge on any atom is -0.299 e. The van der Waals surface area contributed by atoms with Crippen LogP contribution in [0.4, 0.5) is 4.39 Å². The maximum Gasteiger partial charge on any atom is 0.213 e. The Morgan fingerprint density at radius 2 is 1.89 bits per heavy atom. The lowest BCUT2D eigenvalue weighted by atomic mass is 9.70. The average Bonchev–Trinajstić information content (AvgIpc) is 3.43. The van der Waals surface area contributed by atoms with E-state index in [1.54, 1.807) is 34.9 Å². The molecular formula is C26H27Cl2FN4O3S2. The number of benzene rings is 2. The van der Waals surface area contributed by atoms with E-state index in [9.17, 15) is 17.6 Å². The molecule has 0 spiro atoms. The second-order valence-corrected chi connectivity index (χ2v) is 14.1. The number of rotatable bonds is 9. The summed E-state index contributed by atoms with van der Waals surface area (Å²) in [5.74, 6) is 0.483. The molecule has 1 N–H and O–H groups in total. The molecule has 1 aromatic heterocycles. The SMILES string of the molecule is CC1(C)C2CCC1(CS(=O)(=O)NCc1nnc(SCc3ccc(F)cc3)n1-c1cc(Cl)ccc1Cl)C(=O)C2. The summed E-state index contributed by atoms with van der Waals surface area (Å²) in [5, 5.41) is 9.83. The Bertz CT molecular complexity index is 1490. The molecule has 2 aliphatic rings. The van der Waals surface area contributed by atoms with E-state index in [1.807, 2.05) is 13.8 Å². The van der Waals surface area contributed by atoms with Gasteiger partial charge in [-0.05, 0) is 60.1 Å². The molecule has 2 bridgehead atoms. The summed E-state index contributed by atoms with van der Waals surface area (Å²) in [5.41, 5.74) is 0.147. The van der Waals surface area contributed by atoms with E-state index >= 15 is 0 Å². The number of nitrogens with zero attached hydrogens (tertiary/aromatic N) is 3. The van der Waals surface area contributed by atoms with E-state index in [0.717, 1.165) is 12.0 Å². The van der Waals surface area contributed by atoms with Gasteiger partial charge in [-0.15, -0.1) is 10.2 Å². The highest BCUT2D eigenvalue weighted by atomic mass is 35.5. The fourth-order valence-corrected chi connectivity index (χ4v) is 8.86. The van der Waals surface area contributed by atoms with Gasteiger partial charge in [0.2, 0.25) is 10.0 Å². The Labute approximate surface area is 235 Å². The van der Waals surface area contributed by atoms with Gasteiger partial charge < -0.3 is 0 Å². The quantitative estimate of drug-likeness (QED) is 0.313. The molecule has 2 aliphatic carbocycles. The third-order valence-electron chi connectivity index (χ3n) is 8.16. The summed E-state index contributed by atoms with van der Waals surface area (Å²) in [6.45, 7) is 3.87. The summed E-state index contributed by atoms with van der Waals surface area (Å²) >= 11 is 14.1. The highest BCUT2D eigenvalue weighted by Gasteiger charge is 2.65. The molecule has 0 saturated heterocycles. The van der Waals surface area contributed by atoms with Crippen molar-refractivity contribution in [2.75, 3.05) is 5.75 Å². The minimum atomic E-state index is -3.83. The van der Waals surface area contributed by atoms with Gasteiger partial charge in [0, 0.05) is 22.6 Å². The number of halogens is 3. The van der Waals surface area contributed by atoms with Crippen LogP contribution in [0, 0.1) is 22.6 Å². The van der Waals surface area contributed by atoms with Crippen LogP contribution in [-0.4, -0.2) is 34.7 Å². The molecule has 3 aromatic rings. The number of Topliss-reactive ketones (excluding diaryl/α,β-unsaturated/α-hetero) is 1. The zero-order valence-corrected chi connectivity index (χ0v) is 24.0. The molecule has 2 fully saturated rings. The molecule has 7 nitrogen and oxygen atoms in total. The molecule has 2 unspecified atom stereocenters. The molecular weight excluding hydrogens is 570 g/mol. The van der Waals surface area contributed by atoms with Crippen LogP contribution in [0.25, 0.3) is 5.69 Å². The first kappa shape index (κ1) is 27.6. The summed E-state index contributed by atoms with van der Waals surface area (Å²) in [4.78, 5) is 12.9. The topological polar surface area (TPSA) is 93.9 Å². The van der Waals surface area contributed by atoms with Crippen LogP contribution in [0.5, 0.6) is 0 Å². The maximum atomic E-state index is 13.3. The first-order chi connectivity index (χ1) is 17.9. The van der Waals surface area contributed by atoms with Crippen molar-refractivity contribution in [2.24, 2.45) is 16.7 Å². The number of carbonyl (C=O) groups excluding carboxylic acids is 1. The van der Waals surface area contributed by atoms with Crippen molar-refractivity contribution in [3.8, 4) is 5.69 Å². The van der Waals surface area contributed by atoms with Gasteiger partial charge in [0.25, 0.3) is 0 Å². The third kappa shape index (κ3) is 5.01. The first-order valence-electron chi connectivity index (χ1n) is 12.2. The Hall–Kier alpha value is -1.98. The van der Waals surface area contributed by atoms with Crippen LogP contribution in [0.2, 0.25) is 10.0 Å². The number of thioether (sulfide) groups is 1. The van der Waals surface area contributed by atoms with E-state index in [-0.39, 0.29) is 35.2 Å². The smallest absolute Gasteiger partial charge is 0.213 e. The van der Waals surface area contributed by atoms with Gasteiger partial charge in [-0.25, -0.2) is 17.5 Å². The molecule has 12 heteroatoms. The predicted octanol–water partition coefficient (Wildman–Crippen LogP) is 5.82. The molecule has 5 rings (SSSR count). The van der Waals surface area contributed by atoms with Crippen LogP contribution < -0.4 is 4.72 Å². The van der Waals surface area contributed by atoms with E-state index < -0.39 is 15.4 Å². The van der Waals surface area contributed by atoms with Crippen molar-refractivity contribution >= 4 is 50.8 Å². The van der Waals surface area contributed by atoms with Crippen LogP contribution >= 0.6 is 35.0 Å². The van der Waals surface area contributed by atoms with E-state index in [0.29, 0.717) is 45.3 Å². The minimum absolute atomic E-state index is 0.0393. The lowest BCUT2D eigenvalue weighted by Gasteiger charge is -2.36. The van der Waals surface area contributed by atoms with Crippen molar-refractivity contribution in [3.63, 3.8) is 0 Å². The number of hydrogen-bond acceptors (Lipinski definition) is 6. The van der Waals surface area contributed by atoms with E-state index in [4.69, 9.17) is 23.2 Å². The Morgan fingerprint density at radius 1 is 1.16 bits per heavy atom. The van der Waals surface area contributed by atoms with E-state index in [1.165, 1.54) is 23.9 Å². The molecule has 2 atom stereocenters. The highest BCUT2D eigenvalue weighted by Crippen LogP contribution is 2.64. The molecule has 2 saturated carbocycles. The molecule has 0 radical (unpaired) electrons. The van der Waals surface area contributed by atoms with Crippen LogP contribution in [-0.2, 0) is 27.1 Å². The van der Waals surface area contributed by atoms with E-state index in [2.05, 4.69) is 14.9 Å². The number of sulfonamides is 1. The molecule has 38 heavy (non-hydrogen) atoms. The van der Waals surface area contributed by atoms with Gasteiger partial charge in [0.15, 0.2) is 11.0 Å². The predicted molar refractivity (Wildman–Crippen MR) is 147 cm³/mol. The number of fused-ring (bicyclic) bond motifs is 2. The lowest BCUT2D eigenvalue weighted by Crippen LogP contribution is -2.45. The number of ketones is 1. The Balaban J connectivity index is 1.41. The Kier molecular flexibility index (Phi) is 7.41. The normalized spacial score (nSPS) is 22.3. The summed E-state index contributed by atoms with van der Waals surface area (Å²) in [6.07, 6.45) is 1.89. The highest BCUT2D eigenvalue weighted by molar-refractivity contribution is 7.98. The van der Waals surface area contributed by atoms with Crippen LogP contribution in [0.3, 0.4) is 0 Å². The molecule has 2 aromatic carbocycles. The third-order valence-corrected chi connectivity index (χ3v) is 11.2. The first-order valence-corrected chi connectivity index (χ1v) is 15.6. The lowest BCUT2D eigenvalue weighted by molar-refractivity contribution is -0.128. The Morgan fingerprint density at radius 3 is 2.55 bits per heavy atom. The number of hydrogen-bond donors (Lipinski definition) is 1. The van der Waals surface area contributed by atoms with Gasteiger partial charge in [-0.3, -0.25) is 9.36 Å². The van der Waals surface area contributed by atoms with Gasteiger partial charge in [0.05, 0.1) is 23.0 Å². The van der Waals surface area contributed by atoms with Crippen LogP contribution in [0.1, 0.15) is 44.5 Å². The summed E-state index contributed by atoms with van der Waals surface area (Å²) < 4.78 is 44.2. The van der Waals surface area contributed by atoms with Crippen molar-refractivity contribution in [1.82, 2.24) is 19.5 Å².